The summed E-state index contributed by atoms with van der Waals surface area (Å²) in [6.45, 7) is 4.16. The number of nitrogens with one attached hydrogen (secondary N) is 1. The third kappa shape index (κ3) is 4.68. The van der Waals surface area contributed by atoms with Gasteiger partial charge in [-0.25, -0.2) is 0 Å². The minimum atomic E-state index is -0.353. The zero-order valence-electron chi connectivity index (χ0n) is 14.4. The molecule has 0 radical (unpaired) electrons. The number of hydrogen-bond acceptors (Lipinski definition) is 4. The maximum atomic E-state index is 6.14. The Morgan fingerprint density at radius 1 is 1.42 bits per heavy atom. The van der Waals surface area contributed by atoms with E-state index in [2.05, 4.69) is 22.2 Å². The minimum Gasteiger partial charge on any atom is -0.370 e. The molecule has 1 spiro atoms. The number of guanidine groups is 1. The van der Waals surface area contributed by atoms with E-state index in [-0.39, 0.29) is 11.9 Å². The van der Waals surface area contributed by atoms with E-state index in [1.807, 2.05) is 18.2 Å². The van der Waals surface area contributed by atoms with Gasteiger partial charge in [-0.15, -0.1) is 0 Å². The van der Waals surface area contributed by atoms with Gasteiger partial charge in [0.25, 0.3) is 0 Å². The van der Waals surface area contributed by atoms with Crippen molar-refractivity contribution in [3.63, 3.8) is 0 Å². The Morgan fingerprint density at radius 2 is 2.25 bits per heavy atom. The molecule has 1 aliphatic carbocycles. The predicted molar refractivity (Wildman–Crippen MR) is 93.6 cm³/mol. The maximum absolute atomic E-state index is 6.14. The molecule has 1 atom stereocenters. The third-order valence-electron chi connectivity index (χ3n) is 4.83. The van der Waals surface area contributed by atoms with Crippen molar-refractivity contribution < 1.29 is 9.47 Å². The Balaban J connectivity index is 1.38. The largest absolute Gasteiger partial charge is 0.370 e. The van der Waals surface area contributed by atoms with Crippen LogP contribution in [0.3, 0.4) is 0 Å². The lowest BCUT2D eigenvalue weighted by molar-refractivity contribution is -0.190. The van der Waals surface area contributed by atoms with Crippen molar-refractivity contribution in [2.24, 2.45) is 16.6 Å². The number of nitrogens with two attached hydrogens (primary N) is 1. The van der Waals surface area contributed by atoms with E-state index in [1.165, 1.54) is 12.8 Å². The summed E-state index contributed by atoms with van der Waals surface area (Å²) in [6, 6.07) is 5.90. The van der Waals surface area contributed by atoms with Gasteiger partial charge in [0, 0.05) is 37.7 Å². The van der Waals surface area contributed by atoms with Crippen LogP contribution in [0.15, 0.2) is 29.4 Å². The molecule has 1 saturated heterocycles. The predicted octanol–water partition coefficient (Wildman–Crippen LogP) is 1.85. The van der Waals surface area contributed by atoms with Gasteiger partial charge in [-0.2, -0.15) is 0 Å². The van der Waals surface area contributed by atoms with Crippen molar-refractivity contribution in [3.05, 3.63) is 30.1 Å². The third-order valence-corrected chi connectivity index (χ3v) is 4.83. The van der Waals surface area contributed by atoms with Crippen molar-refractivity contribution in [1.82, 2.24) is 10.3 Å². The standard InChI is InChI=1S/C18H28N4O2/c1-14-5-8-18(9-6-14)23-13-16(24-18)12-22-17(19)21-11-7-15-4-2-3-10-20-15/h2-4,10,14,16H,5-9,11-13H2,1H3,(H3,19,21,22). The topological polar surface area (TPSA) is 81.8 Å². The first-order valence-electron chi connectivity index (χ1n) is 8.91. The molecule has 132 valence electrons. The van der Waals surface area contributed by atoms with Crippen LogP contribution >= 0.6 is 0 Å². The van der Waals surface area contributed by atoms with Crippen LogP contribution in [0.25, 0.3) is 0 Å². The van der Waals surface area contributed by atoms with Gasteiger partial charge in [0.05, 0.1) is 13.2 Å². The zero-order valence-corrected chi connectivity index (χ0v) is 14.4. The van der Waals surface area contributed by atoms with Crippen LogP contribution in [0.1, 0.15) is 38.3 Å². The summed E-state index contributed by atoms with van der Waals surface area (Å²) in [4.78, 5) is 8.67. The number of aromatic nitrogens is 1. The maximum Gasteiger partial charge on any atom is 0.188 e. The monoisotopic (exact) mass is 332 g/mol. The van der Waals surface area contributed by atoms with E-state index < -0.39 is 0 Å². The number of aliphatic imine (C=N–C) groups is 1. The molecule has 0 bridgehead atoms. The molecule has 6 heteroatoms. The summed E-state index contributed by atoms with van der Waals surface area (Å²) >= 11 is 0. The van der Waals surface area contributed by atoms with Crippen molar-refractivity contribution in [2.75, 3.05) is 19.7 Å². The smallest absolute Gasteiger partial charge is 0.188 e. The lowest BCUT2D eigenvalue weighted by atomic mass is 9.86. The highest BCUT2D eigenvalue weighted by molar-refractivity contribution is 5.77. The van der Waals surface area contributed by atoms with Gasteiger partial charge in [0.2, 0.25) is 0 Å². The molecule has 6 nitrogen and oxygen atoms in total. The Labute approximate surface area is 143 Å². The second-order valence-electron chi connectivity index (χ2n) is 6.87. The molecular formula is C18H28N4O2. The number of nitrogens with zero attached hydrogens (tertiary/aromatic N) is 2. The SMILES string of the molecule is CC1CCC2(CC1)OCC(CN=C(N)NCCc1ccccn1)O2. The number of hydrogen-bond donors (Lipinski definition) is 2. The molecule has 1 aromatic rings. The molecule has 2 fully saturated rings. The van der Waals surface area contributed by atoms with Gasteiger partial charge >= 0.3 is 0 Å². The molecule has 1 saturated carbocycles. The fourth-order valence-electron chi connectivity index (χ4n) is 3.29. The van der Waals surface area contributed by atoms with Crippen LogP contribution < -0.4 is 11.1 Å². The first-order chi connectivity index (χ1) is 11.7. The van der Waals surface area contributed by atoms with Crippen molar-refractivity contribution >= 4 is 5.96 Å². The average Bonchev–Trinajstić information content (AvgIpc) is 3.00. The summed E-state index contributed by atoms with van der Waals surface area (Å²) in [5.41, 5.74) is 6.97. The van der Waals surface area contributed by atoms with Crippen LogP contribution in [-0.2, 0) is 15.9 Å². The highest BCUT2D eigenvalue weighted by Crippen LogP contribution is 2.39. The molecule has 3 rings (SSSR count). The highest BCUT2D eigenvalue weighted by atomic mass is 16.7. The van der Waals surface area contributed by atoms with Crippen molar-refractivity contribution in [2.45, 2.75) is 50.9 Å². The Bertz CT molecular complexity index is 541. The minimum absolute atomic E-state index is 0.00884. The second kappa shape index (κ2) is 7.94. The molecule has 1 unspecified atom stereocenters. The summed E-state index contributed by atoms with van der Waals surface area (Å²) in [7, 11) is 0. The Kier molecular flexibility index (Phi) is 5.68. The first-order valence-corrected chi connectivity index (χ1v) is 8.91. The van der Waals surface area contributed by atoms with E-state index >= 15 is 0 Å². The molecule has 1 aromatic heterocycles. The van der Waals surface area contributed by atoms with Gasteiger partial charge in [0.1, 0.15) is 6.10 Å². The summed E-state index contributed by atoms with van der Waals surface area (Å²) in [5, 5.41) is 3.12. The second-order valence-corrected chi connectivity index (χ2v) is 6.87. The van der Waals surface area contributed by atoms with Gasteiger partial charge in [-0.1, -0.05) is 13.0 Å². The van der Waals surface area contributed by atoms with E-state index in [9.17, 15) is 0 Å². The summed E-state index contributed by atoms with van der Waals surface area (Å²) < 4.78 is 12.1. The number of ether oxygens (including phenoxy) is 2. The van der Waals surface area contributed by atoms with Gasteiger partial charge in [-0.05, 0) is 30.9 Å². The van der Waals surface area contributed by atoms with Gasteiger partial charge in [0.15, 0.2) is 11.7 Å². The Hall–Kier alpha value is -1.66. The molecule has 2 aliphatic rings. The van der Waals surface area contributed by atoms with Crippen LogP contribution in [0, 0.1) is 5.92 Å². The van der Waals surface area contributed by atoms with Crippen molar-refractivity contribution in [1.29, 1.82) is 0 Å². The molecule has 0 amide bonds. The summed E-state index contributed by atoms with van der Waals surface area (Å²) in [6.07, 6.45) is 6.96. The number of pyridine rings is 1. The van der Waals surface area contributed by atoms with Gasteiger partial charge < -0.3 is 20.5 Å². The fraction of sp³-hybridized carbons (Fsp3) is 0.667. The van der Waals surface area contributed by atoms with E-state index in [1.54, 1.807) is 6.20 Å². The van der Waals surface area contributed by atoms with E-state index in [4.69, 9.17) is 15.2 Å². The molecule has 24 heavy (non-hydrogen) atoms. The van der Waals surface area contributed by atoms with Crippen LogP contribution in [0.2, 0.25) is 0 Å². The van der Waals surface area contributed by atoms with E-state index in [0.717, 1.165) is 37.4 Å². The fourth-order valence-corrected chi connectivity index (χ4v) is 3.29. The molecule has 1 aliphatic heterocycles. The summed E-state index contributed by atoms with van der Waals surface area (Å²) in [5.74, 6) is 0.875. The van der Waals surface area contributed by atoms with Crippen LogP contribution in [0.5, 0.6) is 0 Å². The van der Waals surface area contributed by atoms with Crippen LogP contribution in [0.4, 0.5) is 0 Å². The van der Waals surface area contributed by atoms with Gasteiger partial charge in [-0.3, -0.25) is 9.98 Å². The molecular weight excluding hydrogens is 304 g/mol. The quantitative estimate of drug-likeness (QED) is 0.635. The average molecular weight is 332 g/mol. The normalized spacial score (nSPS) is 30.6. The lowest BCUT2D eigenvalue weighted by Crippen LogP contribution is -2.36. The molecule has 0 aromatic carbocycles. The first kappa shape index (κ1) is 17.2. The molecule has 2 heterocycles. The number of rotatable bonds is 5. The molecule has 3 N–H and O–H groups in total. The van der Waals surface area contributed by atoms with Crippen molar-refractivity contribution in [3.8, 4) is 0 Å². The van der Waals surface area contributed by atoms with E-state index in [0.29, 0.717) is 19.1 Å². The highest BCUT2D eigenvalue weighted by Gasteiger charge is 2.43. The Morgan fingerprint density at radius 3 is 3.00 bits per heavy atom. The zero-order chi connectivity index (χ0) is 16.8. The van der Waals surface area contributed by atoms with Crippen LogP contribution in [-0.4, -0.2) is 42.5 Å². The lowest BCUT2D eigenvalue weighted by Gasteiger charge is -2.34.